The summed E-state index contributed by atoms with van der Waals surface area (Å²) in [5.41, 5.74) is 1.15. The van der Waals surface area contributed by atoms with Crippen LogP contribution in [0, 0.1) is 11.7 Å². The van der Waals surface area contributed by atoms with Gasteiger partial charge in [0.25, 0.3) is 0 Å². The normalized spacial score (nSPS) is 21.1. The van der Waals surface area contributed by atoms with Crippen molar-refractivity contribution in [1.82, 2.24) is 24.7 Å². The fourth-order valence-electron chi connectivity index (χ4n) is 3.10. The number of halogens is 1. The van der Waals surface area contributed by atoms with E-state index in [1.807, 2.05) is 0 Å². The number of nitrogens with one attached hydrogen (secondary N) is 2. The van der Waals surface area contributed by atoms with Gasteiger partial charge in [0.2, 0.25) is 5.95 Å². The lowest BCUT2D eigenvalue weighted by atomic mass is 10.0. The number of H-pyrrole nitrogens is 1. The summed E-state index contributed by atoms with van der Waals surface area (Å²) in [5, 5.41) is 10.0. The number of aromatic nitrogens is 5. The number of para-hydroxylation sites is 1. The summed E-state index contributed by atoms with van der Waals surface area (Å²) in [7, 11) is 1.81. The van der Waals surface area contributed by atoms with E-state index < -0.39 is 0 Å². The van der Waals surface area contributed by atoms with E-state index in [2.05, 4.69) is 25.5 Å². The minimum absolute atomic E-state index is 0.101. The molecule has 0 spiro atoms. The van der Waals surface area contributed by atoms with Gasteiger partial charge in [0, 0.05) is 26.1 Å². The van der Waals surface area contributed by atoms with Gasteiger partial charge in [-0.3, -0.25) is 5.10 Å². The highest BCUT2D eigenvalue weighted by Gasteiger charge is 2.31. The summed E-state index contributed by atoms with van der Waals surface area (Å²) in [5.74, 6) is 1.38. The first-order valence-electron chi connectivity index (χ1n) is 7.55. The van der Waals surface area contributed by atoms with Crippen molar-refractivity contribution < 1.29 is 9.13 Å². The zero-order valence-corrected chi connectivity index (χ0v) is 12.7. The van der Waals surface area contributed by atoms with Crippen LogP contribution in [0.4, 0.5) is 10.3 Å². The quantitative estimate of drug-likeness (QED) is 0.770. The summed E-state index contributed by atoms with van der Waals surface area (Å²) in [4.78, 5) is 8.63. The molecule has 0 bridgehead atoms. The molecule has 8 heteroatoms. The molecule has 3 heterocycles. The highest BCUT2D eigenvalue weighted by atomic mass is 19.1. The van der Waals surface area contributed by atoms with E-state index in [-0.39, 0.29) is 17.8 Å². The molecule has 1 aromatic carbocycles. The van der Waals surface area contributed by atoms with Crippen LogP contribution in [-0.4, -0.2) is 37.9 Å². The number of imidazole rings is 1. The van der Waals surface area contributed by atoms with E-state index in [1.54, 1.807) is 23.7 Å². The van der Waals surface area contributed by atoms with Gasteiger partial charge in [0.15, 0.2) is 5.82 Å². The van der Waals surface area contributed by atoms with E-state index >= 15 is 0 Å². The Labute approximate surface area is 131 Å². The maximum absolute atomic E-state index is 13.9. The van der Waals surface area contributed by atoms with Crippen LogP contribution in [0.1, 0.15) is 18.3 Å². The minimum atomic E-state index is -0.269. The average Bonchev–Trinajstić information content (AvgIpc) is 3.25. The number of ether oxygens (including phenoxy) is 1. The number of fused-ring (bicyclic) bond motifs is 1. The zero-order chi connectivity index (χ0) is 15.8. The van der Waals surface area contributed by atoms with Gasteiger partial charge in [-0.2, -0.15) is 5.10 Å². The van der Waals surface area contributed by atoms with E-state index in [0.717, 1.165) is 12.2 Å². The van der Waals surface area contributed by atoms with Crippen molar-refractivity contribution in [3.05, 3.63) is 36.2 Å². The lowest BCUT2D eigenvalue weighted by Crippen LogP contribution is -2.20. The SMILES string of the molecule is Cn1c(NC[C@@H]2CCO[C@@H]2c2ncn[nH]2)nc2cccc(F)c21. The third-order valence-electron chi connectivity index (χ3n) is 4.28. The van der Waals surface area contributed by atoms with Crippen LogP contribution >= 0.6 is 0 Å². The molecular formula is C15H17FN6O. The Morgan fingerprint density at radius 2 is 2.39 bits per heavy atom. The van der Waals surface area contributed by atoms with Crippen LogP contribution in [-0.2, 0) is 11.8 Å². The number of nitrogens with zero attached hydrogens (tertiary/aromatic N) is 4. The Balaban J connectivity index is 1.53. The number of anilines is 1. The first kappa shape index (κ1) is 14.1. The third-order valence-corrected chi connectivity index (χ3v) is 4.28. The van der Waals surface area contributed by atoms with E-state index in [0.29, 0.717) is 30.1 Å². The molecule has 1 saturated heterocycles. The smallest absolute Gasteiger partial charge is 0.203 e. The molecule has 0 amide bonds. The van der Waals surface area contributed by atoms with Gasteiger partial charge in [0.05, 0.1) is 5.52 Å². The second-order valence-electron chi connectivity index (χ2n) is 5.69. The third kappa shape index (κ3) is 2.44. The van der Waals surface area contributed by atoms with Gasteiger partial charge < -0.3 is 14.6 Å². The van der Waals surface area contributed by atoms with Crippen LogP contribution in [0.15, 0.2) is 24.5 Å². The van der Waals surface area contributed by atoms with E-state index in [1.165, 1.54) is 12.4 Å². The molecule has 3 aromatic rings. The Morgan fingerprint density at radius 3 is 3.17 bits per heavy atom. The van der Waals surface area contributed by atoms with Gasteiger partial charge in [-0.25, -0.2) is 14.4 Å². The number of aromatic amines is 1. The van der Waals surface area contributed by atoms with Crippen LogP contribution < -0.4 is 5.32 Å². The predicted octanol–water partition coefficient (Wildman–Crippen LogP) is 2.02. The van der Waals surface area contributed by atoms with Crippen molar-refractivity contribution in [2.75, 3.05) is 18.5 Å². The molecule has 2 atom stereocenters. The topological polar surface area (TPSA) is 80.6 Å². The average molecular weight is 316 g/mol. The van der Waals surface area contributed by atoms with Crippen molar-refractivity contribution in [2.24, 2.45) is 13.0 Å². The molecule has 0 radical (unpaired) electrons. The highest BCUT2D eigenvalue weighted by Crippen LogP contribution is 2.32. The number of aryl methyl sites for hydroxylation is 1. The molecule has 120 valence electrons. The van der Waals surface area contributed by atoms with Gasteiger partial charge in [-0.1, -0.05) is 6.07 Å². The maximum Gasteiger partial charge on any atom is 0.203 e. The van der Waals surface area contributed by atoms with Crippen molar-refractivity contribution in [1.29, 1.82) is 0 Å². The first-order valence-corrected chi connectivity index (χ1v) is 7.55. The molecule has 0 aliphatic carbocycles. The summed E-state index contributed by atoms with van der Waals surface area (Å²) >= 11 is 0. The molecule has 1 fully saturated rings. The molecule has 0 unspecified atom stereocenters. The zero-order valence-electron chi connectivity index (χ0n) is 12.7. The number of rotatable bonds is 4. The second-order valence-corrected chi connectivity index (χ2v) is 5.69. The first-order chi connectivity index (χ1) is 11.2. The van der Waals surface area contributed by atoms with E-state index in [4.69, 9.17) is 4.74 Å². The highest BCUT2D eigenvalue weighted by molar-refractivity contribution is 5.79. The molecule has 2 N–H and O–H groups in total. The largest absolute Gasteiger partial charge is 0.370 e. The molecule has 7 nitrogen and oxygen atoms in total. The number of benzene rings is 1. The van der Waals surface area contributed by atoms with Gasteiger partial charge >= 0.3 is 0 Å². The molecular weight excluding hydrogens is 299 g/mol. The van der Waals surface area contributed by atoms with Crippen LogP contribution in [0.25, 0.3) is 11.0 Å². The predicted molar refractivity (Wildman–Crippen MR) is 82.3 cm³/mol. The summed E-state index contributed by atoms with van der Waals surface area (Å²) in [6.45, 7) is 1.36. The summed E-state index contributed by atoms with van der Waals surface area (Å²) in [6, 6.07) is 4.91. The van der Waals surface area contributed by atoms with Crippen LogP contribution in [0.2, 0.25) is 0 Å². The standard InChI is InChI=1S/C15H17FN6O/c1-22-12-10(16)3-2-4-11(12)20-15(22)17-7-9-5-6-23-13(9)14-18-8-19-21-14/h2-4,8-9,13H,5-7H2,1H3,(H,17,20)(H,18,19,21)/t9-,13-/m0/s1. The maximum atomic E-state index is 13.9. The van der Waals surface area contributed by atoms with E-state index in [9.17, 15) is 4.39 Å². The van der Waals surface area contributed by atoms with Gasteiger partial charge in [-0.05, 0) is 18.6 Å². The molecule has 1 aliphatic rings. The van der Waals surface area contributed by atoms with Crippen molar-refractivity contribution in [3.63, 3.8) is 0 Å². The molecule has 0 saturated carbocycles. The number of hydrogen-bond acceptors (Lipinski definition) is 5. The van der Waals surface area contributed by atoms with Crippen LogP contribution in [0.5, 0.6) is 0 Å². The Kier molecular flexibility index (Phi) is 3.45. The Hall–Kier alpha value is -2.48. The Bertz CT molecular complexity index is 815. The fourth-order valence-corrected chi connectivity index (χ4v) is 3.10. The van der Waals surface area contributed by atoms with Crippen molar-refractivity contribution in [2.45, 2.75) is 12.5 Å². The van der Waals surface area contributed by atoms with Gasteiger partial charge in [0.1, 0.15) is 23.8 Å². The monoisotopic (exact) mass is 316 g/mol. The van der Waals surface area contributed by atoms with Crippen molar-refractivity contribution in [3.8, 4) is 0 Å². The second kappa shape index (κ2) is 5.62. The number of hydrogen-bond donors (Lipinski definition) is 2. The molecule has 4 rings (SSSR count). The minimum Gasteiger partial charge on any atom is -0.370 e. The molecule has 2 aromatic heterocycles. The Morgan fingerprint density at radius 1 is 1.48 bits per heavy atom. The lowest BCUT2D eigenvalue weighted by molar-refractivity contribution is 0.0864. The van der Waals surface area contributed by atoms with Crippen LogP contribution in [0.3, 0.4) is 0 Å². The van der Waals surface area contributed by atoms with Crippen molar-refractivity contribution >= 4 is 17.0 Å². The van der Waals surface area contributed by atoms with Gasteiger partial charge in [-0.15, -0.1) is 0 Å². The summed E-state index contributed by atoms with van der Waals surface area (Å²) in [6.07, 6.45) is 2.31. The summed E-state index contributed by atoms with van der Waals surface area (Å²) < 4.78 is 21.4. The molecule has 23 heavy (non-hydrogen) atoms. The molecule has 1 aliphatic heterocycles. The lowest BCUT2D eigenvalue weighted by Gasteiger charge is -2.17. The fraction of sp³-hybridized carbons (Fsp3) is 0.400.